The summed E-state index contributed by atoms with van der Waals surface area (Å²) in [4.78, 5) is 2.53. The van der Waals surface area contributed by atoms with E-state index in [2.05, 4.69) is 52.9 Å². The molecule has 2 N–H and O–H groups in total. The van der Waals surface area contributed by atoms with E-state index < -0.39 is 0 Å². The maximum atomic E-state index is 6.16. The van der Waals surface area contributed by atoms with Gasteiger partial charge in [0.15, 0.2) is 0 Å². The number of hydrogen-bond donors (Lipinski definition) is 1. The van der Waals surface area contributed by atoms with Crippen LogP contribution in [0.5, 0.6) is 0 Å². The molecule has 18 heavy (non-hydrogen) atoms. The van der Waals surface area contributed by atoms with Gasteiger partial charge < -0.3 is 5.73 Å². The van der Waals surface area contributed by atoms with Gasteiger partial charge in [0.2, 0.25) is 0 Å². The van der Waals surface area contributed by atoms with Crippen LogP contribution >= 0.6 is 15.9 Å². The molecule has 1 aliphatic rings. The van der Waals surface area contributed by atoms with E-state index in [4.69, 9.17) is 5.73 Å². The van der Waals surface area contributed by atoms with E-state index in [1.54, 1.807) is 0 Å². The number of nitrogens with two attached hydrogens (primary N) is 1. The van der Waals surface area contributed by atoms with E-state index in [0.717, 1.165) is 26.1 Å². The lowest BCUT2D eigenvalue weighted by Crippen LogP contribution is -2.46. The van der Waals surface area contributed by atoms with Crippen LogP contribution in [0.15, 0.2) is 22.7 Å². The summed E-state index contributed by atoms with van der Waals surface area (Å²) >= 11 is 3.67. The van der Waals surface area contributed by atoms with Crippen LogP contribution in [-0.2, 0) is 6.54 Å². The standard InChI is InChI=1S/C15H23BrN2/c1-3-12-9-18(7-6-15(12)17)10-13-5-4-11(2)8-14(13)16/h4-5,8,12,15H,3,6-7,9-10,17H2,1-2H3. The van der Waals surface area contributed by atoms with Crippen molar-refractivity contribution in [2.75, 3.05) is 13.1 Å². The van der Waals surface area contributed by atoms with Crippen molar-refractivity contribution in [2.45, 2.75) is 39.3 Å². The van der Waals surface area contributed by atoms with Crippen molar-refractivity contribution in [2.24, 2.45) is 11.7 Å². The van der Waals surface area contributed by atoms with Crippen LogP contribution in [-0.4, -0.2) is 24.0 Å². The Kier molecular flexibility index (Phi) is 4.82. The highest BCUT2D eigenvalue weighted by atomic mass is 79.9. The highest BCUT2D eigenvalue weighted by Gasteiger charge is 2.25. The predicted molar refractivity (Wildman–Crippen MR) is 80.5 cm³/mol. The van der Waals surface area contributed by atoms with Crippen LogP contribution < -0.4 is 5.73 Å². The highest BCUT2D eigenvalue weighted by molar-refractivity contribution is 9.10. The smallest absolute Gasteiger partial charge is 0.0245 e. The molecule has 0 spiro atoms. The molecule has 0 saturated carbocycles. The zero-order valence-electron chi connectivity index (χ0n) is 11.3. The van der Waals surface area contributed by atoms with E-state index >= 15 is 0 Å². The Morgan fingerprint density at radius 1 is 1.44 bits per heavy atom. The van der Waals surface area contributed by atoms with Gasteiger partial charge in [0.25, 0.3) is 0 Å². The first-order valence-corrected chi connectivity index (χ1v) is 7.62. The third kappa shape index (κ3) is 3.34. The Labute approximate surface area is 119 Å². The molecule has 1 aliphatic heterocycles. The monoisotopic (exact) mass is 310 g/mol. The normalized spacial score (nSPS) is 25.3. The van der Waals surface area contributed by atoms with Gasteiger partial charge in [0, 0.05) is 23.6 Å². The molecule has 0 aliphatic carbocycles. The van der Waals surface area contributed by atoms with Crippen molar-refractivity contribution in [3.8, 4) is 0 Å². The molecule has 0 bridgehead atoms. The third-order valence-corrected chi connectivity index (χ3v) is 4.74. The maximum Gasteiger partial charge on any atom is 0.0245 e. The number of hydrogen-bond acceptors (Lipinski definition) is 2. The van der Waals surface area contributed by atoms with Gasteiger partial charge in [0.1, 0.15) is 0 Å². The number of benzene rings is 1. The van der Waals surface area contributed by atoms with Crippen molar-refractivity contribution in [1.82, 2.24) is 4.90 Å². The lowest BCUT2D eigenvalue weighted by molar-refractivity contribution is 0.145. The zero-order chi connectivity index (χ0) is 13.1. The number of halogens is 1. The van der Waals surface area contributed by atoms with Crippen molar-refractivity contribution in [3.05, 3.63) is 33.8 Å². The quantitative estimate of drug-likeness (QED) is 0.928. The SMILES string of the molecule is CCC1CN(Cc2ccc(C)cc2Br)CCC1N. The number of rotatable bonds is 3. The molecule has 2 unspecified atom stereocenters. The van der Waals surface area contributed by atoms with Crippen LogP contribution in [0, 0.1) is 12.8 Å². The Morgan fingerprint density at radius 2 is 2.22 bits per heavy atom. The van der Waals surface area contributed by atoms with Gasteiger partial charge in [-0.2, -0.15) is 0 Å². The minimum Gasteiger partial charge on any atom is -0.327 e. The molecule has 2 nitrogen and oxygen atoms in total. The summed E-state index contributed by atoms with van der Waals surface area (Å²) in [7, 11) is 0. The second-order valence-corrected chi connectivity index (χ2v) is 6.31. The van der Waals surface area contributed by atoms with Crippen LogP contribution in [0.2, 0.25) is 0 Å². The average molecular weight is 311 g/mol. The van der Waals surface area contributed by atoms with Gasteiger partial charge in [-0.25, -0.2) is 0 Å². The Hall–Kier alpha value is -0.380. The fraction of sp³-hybridized carbons (Fsp3) is 0.600. The molecule has 1 aromatic carbocycles. The number of aryl methyl sites for hydroxylation is 1. The molecule has 1 aromatic rings. The van der Waals surface area contributed by atoms with E-state index in [-0.39, 0.29) is 0 Å². The van der Waals surface area contributed by atoms with Crippen LogP contribution in [0.3, 0.4) is 0 Å². The first kappa shape index (κ1) is 14.0. The lowest BCUT2D eigenvalue weighted by Gasteiger charge is -2.36. The number of nitrogens with zero attached hydrogens (tertiary/aromatic N) is 1. The first-order valence-electron chi connectivity index (χ1n) is 6.83. The van der Waals surface area contributed by atoms with Gasteiger partial charge >= 0.3 is 0 Å². The summed E-state index contributed by atoms with van der Waals surface area (Å²) in [5.74, 6) is 0.656. The summed E-state index contributed by atoms with van der Waals surface area (Å²) in [6.07, 6.45) is 2.31. The largest absolute Gasteiger partial charge is 0.327 e. The van der Waals surface area contributed by atoms with Crippen molar-refractivity contribution < 1.29 is 0 Å². The van der Waals surface area contributed by atoms with Crippen LogP contribution in [0.4, 0.5) is 0 Å². The Bertz CT molecular complexity index is 405. The zero-order valence-corrected chi connectivity index (χ0v) is 12.9. The maximum absolute atomic E-state index is 6.16. The molecule has 2 rings (SSSR count). The highest BCUT2D eigenvalue weighted by Crippen LogP contribution is 2.24. The molecular weight excluding hydrogens is 288 g/mol. The van der Waals surface area contributed by atoms with Crippen molar-refractivity contribution >= 4 is 15.9 Å². The molecular formula is C15H23BrN2. The second-order valence-electron chi connectivity index (χ2n) is 5.45. The fourth-order valence-corrected chi connectivity index (χ4v) is 3.34. The van der Waals surface area contributed by atoms with E-state index in [1.807, 2.05) is 0 Å². The molecule has 1 saturated heterocycles. The Balaban J connectivity index is 2.01. The van der Waals surface area contributed by atoms with Gasteiger partial charge in [-0.1, -0.05) is 41.4 Å². The van der Waals surface area contributed by atoms with Gasteiger partial charge in [-0.05, 0) is 43.0 Å². The van der Waals surface area contributed by atoms with Gasteiger partial charge in [0.05, 0.1) is 0 Å². The van der Waals surface area contributed by atoms with Crippen molar-refractivity contribution in [3.63, 3.8) is 0 Å². The van der Waals surface area contributed by atoms with Crippen molar-refractivity contribution in [1.29, 1.82) is 0 Å². The average Bonchev–Trinajstić information content (AvgIpc) is 2.35. The molecule has 0 aromatic heterocycles. The minimum atomic E-state index is 0.396. The summed E-state index contributed by atoms with van der Waals surface area (Å²) in [5, 5.41) is 0. The second kappa shape index (κ2) is 6.18. The topological polar surface area (TPSA) is 29.3 Å². The summed E-state index contributed by atoms with van der Waals surface area (Å²) < 4.78 is 1.23. The van der Waals surface area contributed by atoms with Gasteiger partial charge in [-0.15, -0.1) is 0 Å². The predicted octanol–water partition coefficient (Wildman–Crippen LogP) is 3.32. The lowest BCUT2D eigenvalue weighted by atomic mass is 9.90. The third-order valence-electron chi connectivity index (χ3n) is 4.00. The minimum absolute atomic E-state index is 0.396. The molecule has 0 amide bonds. The Morgan fingerprint density at radius 3 is 2.89 bits per heavy atom. The molecule has 1 fully saturated rings. The molecule has 1 heterocycles. The fourth-order valence-electron chi connectivity index (χ4n) is 2.72. The van der Waals surface area contributed by atoms with E-state index in [0.29, 0.717) is 12.0 Å². The number of piperidine rings is 1. The molecule has 100 valence electrons. The van der Waals surface area contributed by atoms with Crippen LogP contribution in [0.1, 0.15) is 30.9 Å². The first-order chi connectivity index (χ1) is 8.60. The molecule has 2 atom stereocenters. The summed E-state index contributed by atoms with van der Waals surface area (Å²) in [6, 6.07) is 7.01. The van der Waals surface area contributed by atoms with Crippen LogP contribution in [0.25, 0.3) is 0 Å². The molecule has 0 radical (unpaired) electrons. The summed E-state index contributed by atoms with van der Waals surface area (Å²) in [6.45, 7) is 7.66. The van der Waals surface area contributed by atoms with Gasteiger partial charge in [-0.3, -0.25) is 4.90 Å². The molecule has 3 heteroatoms. The summed E-state index contributed by atoms with van der Waals surface area (Å²) in [5.41, 5.74) is 8.84. The van der Waals surface area contributed by atoms with E-state index in [9.17, 15) is 0 Å². The van der Waals surface area contributed by atoms with E-state index in [1.165, 1.54) is 22.0 Å². The number of likely N-dealkylation sites (tertiary alicyclic amines) is 1.